The number of carbonyl (C=O) groups is 3. The molecule has 0 radical (unpaired) electrons. The zero-order valence-electron chi connectivity index (χ0n) is 9.05. The predicted octanol–water partition coefficient (Wildman–Crippen LogP) is 0.339. The van der Waals surface area contributed by atoms with Gasteiger partial charge in [0.05, 0.1) is 5.25 Å². The van der Waals surface area contributed by atoms with Gasteiger partial charge < -0.3 is 10.0 Å². The lowest BCUT2D eigenvalue weighted by atomic mass is 10.2. The molecule has 2 atom stereocenters. The lowest BCUT2D eigenvalue weighted by Gasteiger charge is -2.22. The molecule has 5 nitrogen and oxygen atoms in total. The molecule has 0 bridgehead atoms. The van der Waals surface area contributed by atoms with E-state index in [4.69, 9.17) is 5.11 Å². The van der Waals surface area contributed by atoms with E-state index in [-0.39, 0.29) is 18.1 Å². The van der Waals surface area contributed by atoms with Gasteiger partial charge in [-0.3, -0.25) is 9.59 Å². The first-order chi connectivity index (χ1) is 7.43. The van der Waals surface area contributed by atoms with Crippen LogP contribution in [0.1, 0.15) is 26.2 Å². The lowest BCUT2D eigenvalue weighted by Crippen LogP contribution is -2.41. The fraction of sp³-hybridized carbons (Fsp3) is 0.700. The van der Waals surface area contributed by atoms with Crippen molar-refractivity contribution in [2.24, 2.45) is 0 Å². The van der Waals surface area contributed by atoms with Crippen molar-refractivity contribution in [3.8, 4) is 0 Å². The molecule has 1 saturated heterocycles. The van der Waals surface area contributed by atoms with E-state index in [9.17, 15) is 14.4 Å². The number of carboxylic acids is 1. The molecule has 1 aliphatic rings. The molecule has 1 amide bonds. The lowest BCUT2D eigenvalue weighted by molar-refractivity contribution is -0.148. The number of Topliss-reactive ketones (excluding diaryl/α,β-unsaturated/α-hetero) is 1. The van der Waals surface area contributed by atoms with Crippen molar-refractivity contribution in [1.29, 1.82) is 0 Å². The summed E-state index contributed by atoms with van der Waals surface area (Å²) in [5.74, 6) is -1.47. The Bertz CT molecular complexity index is 318. The van der Waals surface area contributed by atoms with Gasteiger partial charge in [-0.15, -0.1) is 0 Å². The number of ketones is 1. The molecule has 1 aliphatic heterocycles. The molecule has 0 saturated carbocycles. The first kappa shape index (κ1) is 13.0. The Kier molecular flexibility index (Phi) is 4.35. The number of carboxylic acid groups (broad SMARTS) is 1. The summed E-state index contributed by atoms with van der Waals surface area (Å²) in [6, 6.07) is -0.736. The maximum absolute atomic E-state index is 11.7. The van der Waals surface area contributed by atoms with Crippen LogP contribution in [-0.4, -0.2) is 45.5 Å². The Hall–Kier alpha value is -1.04. The Balaban J connectivity index is 2.60. The van der Waals surface area contributed by atoms with Gasteiger partial charge in [-0.1, -0.05) is 0 Å². The van der Waals surface area contributed by atoms with E-state index in [1.165, 1.54) is 11.8 Å². The third-order valence-corrected chi connectivity index (χ3v) is 3.24. The SMILES string of the molecule is CC(=O)[C@@H](S)CC(=O)N1CCC[C@@H]1C(=O)O. The van der Waals surface area contributed by atoms with Gasteiger partial charge in [0.15, 0.2) is 0 Å². The van der Waals surface area contributed by atoms with E-state index in [0.717, 1.165) is 0 Å². The molecule has 6 heteroatoms. The minimum Gasteiger partial charge on any atom is -0.480 e. The molecule has 0 aromatic carbocycles. The van der Waals surface area contributed by atoms with Gasteiger partial charge in [-0.25, -0.2) is 4.79 Å². The van der Waals surface area contributed by atoms with Crippen LogP contribution >= 0.6 is 12.6 Å². The molecule has 90 valence electrons. The number of thiol groups is 1. The molecule has 0 aromatic heterocycles. The highest BCUT2D eigenvalue weighted by molar-refractivity contribution is 7.81. The van der Waals surface area contributed by atoms with Gasteiger partial charge in [-0.05, 0) is 19.8 Å². The molecule has 1 rings (SSSR count). The molecule has 16 heavy (non-hydrogen) atoms. The van der Waals surface area contributed by atoms with Gasteiger partial charge in [0, 0.05) is 13.0 Å². The predicted molar refractivity (Wildman–Crippen MR) is 60.4 cm³/mol. The standard InChI is InChI=1S/C10H15NO4S/c1-6(12)8(16)5-9(13)11-4-2-3-7(11)10(14)15/h7-8,16H,2-5H2,1H3,(H,14,15)/t7-,8+/m1/s1. The number of amides is 1. The molecule has 1 heterocycles. The number of hydrogen-bond acceptors (Lipinski definition) is 4. The third kappa shape index (κ3) is 2.98. The molecular formula is C10H15NO4S. The number of nitrogens with zero attached hydrogens (tertiary/aromatic N) is 1. The largest absolute Gasteiger partial charge is 0.480 e. The first-order valence-corrected chi connectivity index (χ1v) is 5.66. The average Bonchev–Trinajstić information content (AvgIpc) is 2.65. The highest BCUT2D eigenvalue weighted by Crippen LogP contribution is 2.19. The molecule has 0 unspecified atom stereocenters. The highest BCUT2D eigenvalue weighted by Gasteiger charge is 2.34. The summed E-state index contributed by atoms with van der Waals surface area (Å²) in [7, 11) is 0. The number of hydrogen-bond donors (Lipinski definition) is 2. The quantitative estimate of drug-likeness (QED) is 0.700. The fourth-order valence-electron chi connectivity index (χ4n) is 1.75. The van der Waals surface area contributed by atoms with Gasteiger partial charge in [0.1, 0.15) is 11.8 Å². The van der Waals surface area contributed by atoms with Crippen molar-refractivity contribution in [3.63, 3.8) is 0 Å². The van der Waals surface area contributed by atoms with Crippen LogP contribution in [-0.2, 0) is 14.4 Å². The summed E-state index contributed by atoms with van der Waals surface area (Å²) in [5.41, 5.74) is 0. The van der Waals surface area contributed by atoms with Crippen LogP contribution in [0.25, 0.3) is 0 Å². The van der Waals surface area contributed by atoms with Crippen molar-refractivity contribution in [1.82, 2.24) is 4.90 Å². The Morgan fingerprint density at radius 2 is 2.12 bits per heavy atom. The van der Waals surface area contributed by atoms with Crippen molar-refractivity contribution in [2.75, 3.05) is 6.54 Å². The van der Waals surface area contributed by atoms with E-state index in [0.29, 0.717) is 19.4 Å². The molecule has 0 aliphatic carbocycles. The number of aliphatic carboxylic acids is 1. The second-order valence-electron chi connectivity index (χ2n) is 3.91. The second kappa shape index (κ2) is 5.34. The van der Waals surface area contributed by atoms with Gasteiger partial charge in [0.2, 0.25) is 5.91 Å². The highest BCUT2D eigenvalue weighted by atomic mass is 32.1. The van der Waals surface area contributed by atoms with E-state index in [1.54, 1.807) is 0 Å². The average molecular weight is 245 g/mol. The number of rotatable bonds is 4. The zero-order valence-corrected chi connectivity index (χ0v) is 9.94. The normalized spacial score (nSPS) is 21.9. The van der Waals surface area contributed by atoms with E-state index in [1.807, 2.05) is 0 Å². The fourth-order valence-corrected chi connectivity index (χ4v) is 1.90. The van der Waals surface area contributed by atoms with Gasteiger partial charge in [-0.2, -0.15) is 12.6 Å². The molecule has 1 fully saturated rings. The van der Waals surface area contributed by atoms with E-state index in [2.05, 4.69) is 12.6 Å². The van der Waals surface area contributed by atoms with Crippen LogP contribution in [0.5, 0.6) is 0 Å². The number of carbonyl (C=O) groups excluding carboxylic acids is 2. The third-order valence-electron chi connectivity index (χ3n) is 2.70. The molecular weight excluding hydrogens is 230 g/mol. The van der Waals surface area contributed by atoms with Crippen LogP contribution < -0.4 is 0 Å². The molecule has 0 aromatic rings. The summed E-state index contributed by atoms with van der Waals surface area (Å²) in [5, 5.41) is 8.26. The Morgan fingerprint density at radius 3 is 2.62 bits per heavy atom. The van der Waals surface area contributed by atoms with Crippen molar-refractivity contribution >= 4 is 30.3 Å². The summed E-state index contributed by atoms with van der Waals surface area (Å²) in [4.78, 5) is 34.9. The van der Waals surface area contributed by atoms with Crippen LogP contribution in [0.2, 0.25) is 0 Å². The Labute approximate surface area is 99.2 Å². The molecule has 0 spiro atoms. The minimum atomic E-state index is -0.982. The second-order valence-corrected chi connectivity index (χ2v) is 4.54. The minimum absolute atomic E-state index is 0.0256. The maximum Gasteiger partial charge on any atom is 0.326 e. The van der Waals surface area contributed by atoms with Crippen molar-refractivity contribution in [2.45, 2.75) is 37.5 Å². The maximum atomic E-state index is 11.7. The van der Waals surface area contributed by atoms with Gasteiger partial charge in [0.25, 0.3) is 0 Å². The number of likely N-dealkylation sites (tertiary alicyclic amines) is 1. The van der Waals surface area contributed by atoms with Crippen molar-refractivity contribution in [3.05, 3.63) is 0 Å². The van der Waals surface area contributed by atoms with Gasteiger partial charge >= 0.3 is 5.97 Å². The van der Waals surface area contributed by atoms with Crippen LogP contribution in [0.3, 0.4) is 0 Å². The molecule has 1 N–H and O–H groups in total. The van der Waals surface area contributed by atoms with E-state index < -0.39 is 17.3 Å². The van der Waals surface area contributed by atoms with Crippen molar-refractivity contribution < 1.29 is 19.5 Å². The monoisotopic (exact) mass is 245 g/mol. The first-order valence-electron chi connectivity index (χ1n) is 5.14. The topological polar surface area (TPSA) is 74.7 Å². The summed E-state index contributed by atoms with van der Waals surface area (Å²) < 4.78 is 0. The zero-order chi connectivity index (χ0) is 12.3. The summed E-state index contributed by atoms with van der Waals surface area (Å²) >= 11 is 3.99. The van der Waals surface area contributed by atoms with Crippen LogP contribution in [0.4, 0.5) is 0 Å². The van der Waals surface area contributed by atoms with Crippen LogP contribution in [0, 0.1) is 0 Å². The van der Waals surface area contributed by atoms with Crippen LogP contribution in [0.15, 0.2) is 0 Å². The summed E-state index contributed by atoms with van der Waals surface area (Å²) in [6.45, 7) is 1.82. The van der Waals surface area contributed by atoms with E-state index >= 15 is 0 Å². The summed E-state index contributed by atoms with van der Waals surface area (Å²) in [6.07, 6.45) is 1.15. The smallest absolute Gasteiger partial charge is 0.326 e. The Morgan fingerprint density at radius 1 is 1.50 bits per heavy atom.